The summed E-state index contributed by atoms with van der Waals surface area (Å²) in [6, 6.07) is 14.4. The van der Waals surface area contributed by atoms with E-state index in [1.54, 1.807) is 38.5 Å². The number of aliphatic hydroxyl groups is 2. The van der Waals surface area contributed by atoms with Gasteiger partial charge in [0.05, 0.1) is 27.4 Å². The highest BCUT2D eigenvalue weighted by Crippen LogP contribution is 2.17. The standard InChI is InChI=1S/C19H24O6/c1-22-15-5-3-14(4-6-15)11-24-12-18(20)19(21)13-25-17-9-7-16(23-2)8-10-17/h3-10,18-21H,11-13H2,1-2H3/t18-,19+/m0/s1. The van der Waals surface area contributed by atoms with E-state index in [1.807, 2.05) is 24.3 Å². The van der Waals surface area contributed by atoms with Gasteiger partial charge in [0.25, 0.3) is 0 Å². The zero-order valence-electron chi connectivity index (χ0n) is 14.4. The van der Waals surface area contributed by atoms with Crippen molar-refractivity contribution >= 4 is 0 Å². The van der Waals surface area contributed by atoms with Crippen LogP contribution in [0.25, 0.3) is 0 Å². The molecule has 0 spiro atoms. The molecule has 2 atom stereocenters. The molecule has 2 aromatic rings. The molecule has 0 fully saturated rings. The summed E-state index contributed by atoms with van der Waals surface area (Å²) in [4.78, 5) is 0. The quantitative estimate of drug-likeness (QED) is 0.684. The maximum atomic E-state index is 9.95. The average molecular weight is 348 g/mol. The van der Waals surface area contributed by atoms with E-state index < -0.39 is 12.2 Å². The number of aliphatic hydroxyl groups excluding tert-OH is 2. The summed E-state index contributed by atoms with van der Waals surface area (Å²) in [6.07, 6.45) is -2.07. The molecule has 2 aromatic carbocycles. The lowest BCUT2D eigenvalue weighted by atomic mass is 10.2. The molecular weight excluding hydrogens is 324 g/mol. The van der Waals surface area contributed by atoms with E-state index in [9.17, 15) is 10.2 Å². The largest absolute Gasteiger partial charge is 0.497 e. The number of benzene rings is 2. The van der Waals surface area contributed by atoms with Crippen molar-refractivity contribution in [3.8, 4) is 17.2 Å². The second-order valence-corrected chi connectivity index (χ2v) is 5.48. The molecule has 0 bridgehead atoms. The predicted octanol–water partition coefficient (Wildman–Crippen LogP) is 2.02. The van der Waals surface area contributed by atoms with Gasteiger partial charge in [0.2, 0.25) is 0 Å². The van der Waals surface area contributed by atoms with Crippen LogP contribution < -0.4 is 14.2 Å². The second-order valence-electron chi connectivity index (χ2n) is 5.48. The minimum atomic E-state index is -1.04. The van der Waals surface area contributed by atoms with Gasteiger partial charge in [-0.3, -0.25) is 0 Å². The summed E-state index contributed by atoms with van der Waals surface area (Å²) in [7, 11) is 3.19. The van der Waals surface area contributed by atoms with Crippen LogP contribution in [0.5, 0.6) is 17.2 Å². The molecule has 0 aliphatic carbocycles. The Morgan fingerprint density at radius 1 is 0.720 bits per heavy atom. The minimum Gasteiger partial charge on any atom is -0.497 e. The van der Waals surface area contributed by atoms with Crippen LogP contribution in [0.2, 0.25) is 0 Å². The molecule has 136 valence electrons. The first-order valence-corrected chi connectivity index (χ1v) is 7.96. The van der Waals surface area contributed by atoms with Crippen LogP contribution in [0.15, 0.2) is 48.5 Å². The van der Waals surface area contributed by atoms with E-state index >= 15 is 0 Å². The van der Waals surface area contributed by atoms with Gasteiger partial charge in [0, 0.05) is 0 Å². The normalized spacial score (nSPS) is 13.1. The summed E-state index contributed by atoms with van der Waals surface area (Å²) in [5.74, 6) is 2.08. The van der Waals surface area contributed by atoms with E-state index in [4.69, 9.17) is 18.9 Å². The van der Waals surface area contributed by atoms with E-state index in [1.165, 1.54) is 0 Å². The molecule has 0 saturated heterocycles. The molecule has 0 unspecified atom stereocenters. The van der Waals surface area contributed by atoms with Crippen LogP contribution >= 0.6 is 0 Å². The van der Waals surface area contributed by atoms with E-state index in [-0.39, 0.29) is 13.2 Å². The lowest BCUT2D eigenvalue weighted by molar-refractivity contribution is -0.0564. The zero-order chi connectivity index (χ0) is 18.1. The summed E-state index contributed by atoms with van der Waals surface area (Å²) in [5, 5.41) is 19.9. The van der Waals surface area contributed by atoms with E-state index in [0.717, 1.165) is 17.1 Å². The topological polar surface area (TPSA) is 77.4 Å². The van der Waals surface area contributed by atoms with Gasteiger partial charge in [-0.15, -0.1) is 0 Å². The number of hydrogen-bond donors (Lipinski definition) is 2. The van der Waals surface area contributed by atoms with E-state index in [0.29, 0.717) is 12.4 Å². The van der Waals surface area contributed by atoms with Crippen LogP contribution in [0.3, 0.4) is 0 Å². The number of ether oxygens (including phenoxy) is 4. The van der Waals surface area contributed by atoms with Crippen LogP contribution in [-0.2, 0) is 11.3 Å². The Labute approximate surface area is 147 Å². The SMILES string of the molecule is COc1ccc(COC[C@H](O)[C@H](O)COc2ccc(OC)cc2)cc1. The first-order valence-electron chi connectivity index (χ1n) is 7.96. The number of methoxy groups -OCH3 is 2. The lowest BCUT2D eigenvalue weighted by Crippen LogP contribution is -2.35. The van der Waals surface area contributed by atoms with Crippen molar-refractivity contribution in [1.82, 2.24) is 0 Å². The van der Waals surface area contributed by atoms with Gasteiger partial charge >= 0.3 is 0 Å². The van der Waals surface area contributed by atoms with Gasteiger partial charge in [-0.1, -0.05) is 12.1 Å². The van der Waals surface area contributed by atoms with Gasteiger partial charge in [-0.25, -0.2) is 0 Å². The first-order chi connectivity index (χ1) is 12.1. The molecule has 6 nitrogen and oxygen atoms in total. The van der Waals surface area contributed by atoms with Crippen molar-refractivity contribution in [3.05, 3.63) is 54.1 Å². The molecule has 2 N–H and O–H groups in total. The molecule has 0 aromatic heterocycles. The highest BCUT2D eigenvalue weighted by molar-refractivity contribution is 5.31. The van der Waals surface area contributed by atoms with Gasteiger partial charge < -0.3 is 29.2 Å². The molecule has 25 heavy (non-hydrogen) atoms. The molecule has 6 heteroatoms. The summed E-state index contributed by atoms with van der Waals surface area (Å²) >= 11 is 0. The van der Waals surface area contributed by atoms with Crippen molar-refractivity contribution in [2.75, 3.05) is 27.4 Å². The summed E-state index contributed by atoms with van der Waals surface area (Å²) < 4.78 is 21.0. The zero-order valence-corrected chi connectivity index (χ0v) is 14.4. The van der Waals surface area contributed by atoms with Crippen molar-refractivity contribution in [2.45, 2.75) is 18.8 Å². The maximum absolute atomic E-state index is 9.95. The third kappa shape index (κ3) is 6.26. The fourth-order valence-corrected chi connectivity index (χ4v) is 2.09. The highest BCUT2D eigenvalue weighted by atomic mass is 16.5. The van der Waals surface area contributed by atoms with Crippen molar-refractivity contribution < 1.29 is 29.2 Å². The average Bonchev–Trinajstić information content (AvgIpc) is 2.66. The third-order valence-electron chi connectivity index (χ3n) is 3.64. The van der Waals surface area contributed by atoms with Gasteiger partial charge in [-0.05, 0) is 42.0 Å². The van der Waals surface area contributed by atoms with E-state index in [2.05, 4.69) is 0 Å². The molecule has 2 rings (SSSR count). The molecule has 0 aliphatic heterocycles. The van der Waals surface area contributed by atoms with Gasteiger partial charge in [0.15, 0.2) is 0 Å². The predicted molar refractivity (Wildman–Crippen MR) is 93.2 cm³/mol. The molecule has 0 amide bonds. The van der Waals surface area contributed by atoms with Crippen LogP contribution in [0.1, 0.15) is 5.56 Å². The highest BCUT2D eigenvalue weighted by Gasteiger charge is 2.17. The Morgan fingerprint density at radius 2 is 1.20 bits per heavy atom. The van der Waals surface area contributed by atoms with Crippen molar-refractivity contribution in [1.29, 1.82) is 0 Å². The third-order valence-corrected chi connectivity index (χ3v) is 3.64. The Bertz CT molecular complexity index is 611. The fourth-order valence-electron chi connectivity index (χ4n) is 2.09. The number of hydrogen-bond acceptors (Lipinski definition) is 6. The molecular formula is C19H24O6. The lowest BCUT2D eigenvalue weighted by Gasteiger charge is -2.18. The van der Waals surface area contributed by atoms with Gasteiger partial charge in [-0.2, -0.15) is 0 Å². The van der Waals surface area contributed by atoms with Crippen LogP contribution in [0.4, 0.5) is 0 Å². The van der Waals surface area contributed by atoms with Crippen molar-refractivity contribution in [2.24, 2.45) is 0 Å². The molecule has 0 saturated carbocycles. The van der Waals surface area contributed by atoms with Crippen molar-refractivity contribution in [3.63, 3.8) is 0 Å². The molecule has 0 aliphatic rings. The maximum Gasteiger partial charge on any atom is 0.119 e. The number of rotatable bonds is 10. The summed E-state index contributed by atoms with van der Waals surface area (Å²) in [5.41, 5.74) is 0.956. The Morgan fingerprint density at radius 3 is 1.76 bits per heavy atom. The summed E-state index contributed by atoms with van der Waals surface area (Å²) in [6.45, 7) is 0.325. The first kappa shape index (κ1) is 19.1. The second kappa shape index (κ2) is 9.88. The monoisotopic (exact) mass is 348 g/mol. The van der Waals surface area contributed by atoms with Gasteiger partial charge in [0.1, 0.15) is 36.1 Å². The van der Waals surface area contributed by atoms with Crippen LogP contribution in [0, 0.1) is 0 Å². The Balaban J connectivity index is 1.69. The molecule has 0 radical (unpaired) electrons. The fraction of sp³-hybridized carbons (Fsp3) is 0.368. The Kier molecular flexibility index (Phi) is 7.53. The minimum absolute atomic E-state index is 0.0131. The smallest absolute Gasteiger partial charge is 0.119 e. The van der Waals surface area contributed by atoms with Crippen LogP contribution in [-0.4, -0.2) is 49.9 Å². The Hall–Kier alpha value is -2.28. The molecule has 0 heterocycles.